The number of rotatable bonds is 2. The van der Waals surface area contributed by atoms with Crippen LogP contribution in [0.3, 0.4) is 0 Å². The third-order valence-electron chi connectivity index (χ3n) is 2.91. The Morgan fingerprint density at radius 2 is 1.61 bits per heavy atom. The molecule has 0 aliphatic heterocycles. The predicted molar refractivity (Wildman–Crippen MR) is 77.6 cm³/mol. The third-order valence-corrected chi connectivity index (χ3v) is 2.91. The van der Waals surface area contributed by atoms with E-state index in [-0.39, 0.29) is 0 Å². The van der Waals surface area contributed by atoms with E-state index in [1.54, 1.807) is 0 Å². The lowest BCUT2D eigenvalue weighted by Gasteiger charge is -2.18. The molecule has 0 fully saturated rings. The van der Waals surface area contributed by atoms with Gasteiger partial charge in [-0.05, 0) is 36.0 Å². The Morgan fingerprint density at radius 1 is 0.944 bits per heavy atom. The molecule has 0 aliphatic carbocycles. The maximum atomic E-state index is 4.37. The molecule has 0 spiro atoms. The summed E-state index contributed by atoms with van der Waals surface area (Å²) in [7, 11) is 0. The van der Waals surface area contributed by atoms with Gasteiger partial charge in [0.05, 0.1) is 0 Å². The molecule has 0 unspecified atom stereocenters. The number of hydrogen-bond donors (Lipinski definition) is 0. The summed E-state index contributed by atoms with van der Waals surface area (Å²) in [4.78, 5) is 4.37. The standard InChI is InChI=1S/C17H21N/c1-13-5-7-15(8-6-13)16-9-14(11-18-12-16)10-17(2,3)4/h5-9,11-12H,10H2,1-4H3. The first-order valence-electron chi connectivity index (χ1n) is 6.45. The molecule has 94 valence electrons. The van der Waals surface area contributed by atoms with Crippen LogP contribution in [-0.2, 0) is 6.42 Å². The van der Waals surface area contributed by atoms with Crippen LogP contribution in [0, 0.1) is 12.3 Å². The average molecular weight is 239 g/mol. The first-order chi connectivity index (χ1) is 8.44. The highest BCUT2D eigenvalue weighted by atomic mass is 14.6. The molecule has 0 bridgehead atoms. The van der Waals surface area contributed by atoms with Crippen molar-refractivity contribution in [1.82, 2.24) is 4.98 Å². The molecule has 0 saturated carbocycles. The molecule has 18 heavy (non-hydrogen) atoms. The number of nitrogens with zero attached hydrogens (tertiary/aromatic N) is 1. The molecule has 1 aromatic heterocycles. The largest absolute Gasteiger partial charge is 0.264 e. The molecule has 0 atom stereocenters. The molecule has 0 aliphatic rings. The lowest BCUT2D eigenvalue weighted by atomic mass is 9.88. The fraction of sp³-hybridized carbons (Fsp3) is 0.353. The van der Waals surface area contributed by atoms with Crippen LogP contribution in [0.1, 0.15) is 31.9 Å². The molecule has 0 N–H and O–H groups in total. The molecule has 2 rings (SSSR count). The highest BCUT2D eigenvalue weighted by Crippen LogP contribution is 2.24. The number of aromatic nitrogens is 1. The minimum absolute atomic E-state index is 0.299. The van der Waals surface area contributed by atoms with E-state index in [1.807, 2.05) is 12.4 Å². The van der Waals surface area contributed by atoms with E-state index in [9.17, 15) is 0 Å². The lowest BCUT2D eigenvalue weighted by molar-refractivity contribution is 0.411. The summed E-state index contributed by atoms with van der Waals surface area (Å²) < 4.78 is 0. The van der Waals surface area contributed by atoms with Crippen molar-refractivity contribution in [2.24, 2.45) is 5.41 Å². The van der Waals surface area contributed by atoms with Crippen LogP contribution < -0.4 is 0 Å². The fourth-order valence-corrected chi connectivity index (χ4v) is 2.10. The summed E-state index contributed by atoms with van der Waals surface area (Å²) in [5.41, 5.74) is 5.34. The van der Waals surface area contributed by atoms with Crippen molar-refractivity contribution in [2.75, 3.05) is 0 Å². The summed E-state index contributed by atoms with van der Waals surface area (Å²) in [6, 6.07) is 10.9. The van der Waals surface area contributed by atoms with Crippen LogP contribution in [0.15, 0.2) is 42.7 Å². The topological polar surface area (TPSA) is 12.9 Å². The molecular formula is C17H21N. The minimum atomic E-state index is 0.299. The Hall–Kier alpha value is -1.63. The van der Waals surface area contributed by atoms with E-state index < -0.39 is 0 Å². The van der Waals surface area contributed by atoms with Gasteiger partial charge in [-0.3, -0.25) is 4.98 Å². The number of pyridine rings is 1. The highest BCUT2D eigenvalue weighted by molar-refractivity contribution is 5.63. The Morgan fingerprint density at radius 3 is 2.22 bits per heavy atom. The second kappa shape index (κ2) is 4.93. The summed E-state index contributed by atoms with van der Waals surface area (Å²) in [6.07, 6.45) is 4.97. The van der Waals surface area contributed by atoms with Crippen molar-refractivity contribution in [2.45, 2.75) is 34.1 Å². The zero-order valence-corrected chi connectivity index (χ0v) is 11.7. The monoisotopic (exact) mass is 239 g/mol. The van der Waals surface area contributed by atoms with E-state index in [0.29, 0.717) is 5.41 Å². The normalized spacial score (nSPS) is 11.6. The van der Waals surface area contributed by atoms with Crippen LogP contribution >= 0.6 is 0 Å². The van der Waals surface area contributed by atoms with Crippen molar-refractivity contribution in [3.63, 3.8) is 0 Å². The SMILES string of the molecule is Cc1ccc(-c2cncc(CC(C)(C)C)c2)cc1. The second-order valence-corrected chi connectivity index (χ2v) is 6.19. The predicted octanol–water partition coefficient (Wildman–Crippen LogP) is 4.65. The summed E-state index contributed by atoms with van der Waals surface area (Å²) in [5, 5.41) is 0. The van der Waals surface area contributed by atoms with E-state index in [2.05, 4.69) is 63.0 Å². The van der Waals surface area contributed by atoms with Crippen LogP contribution in [0.2, 0.25) is 0 Å². The van der Waals surface area contributed by atoms with Gasteiger partial charge in [0.2, 0.25) is 0 Å². The van der Waals surface area contributed by atoms with Crippen LogP contribution in [0.4, 0.5) is 0 Å². The lowest BCUT2D eigenvalue weighted by Crippen LogP contribution is -2.09. The van der Waals surface area contributed by atoms with Gasteiger partial charge in [-0.2, -0.15) is 0 Å². The maximum absolute atomic E-state index is 4.37. The summed E-state index contributed by atoms with van der Waals surface area (Å²) >= 11 is 0. The van der Waals surface area contributed by atoms with E-state index >= 15 is 0 Å². The van der Waals surface area contributed by atoms with Gasteiger partial charge >= 0.3 is 0 Å². The van der Waals surface area contributed by atoms with Gasteiger partial charge in [0.1, 0.15) is 0 Å². The van der Waals surface area contributed by atoms with E-state index in [4.69, 9.17) is 0 Å². The summed E-state index contributed by atoms with van der Waals surface area (Å²) in [5.74, 6) is 0. The van der Waals surface area contributed by atoms with Crippen LogP contribution in [0.5, 0.6) is 0 Å². The van der Waals surface area contributed by atoms with Gasteiger partial charge < -0.3 is 0 Å². The molecular weight excluding hydrogens is 218 g/mol. The molecule has 1 heteroatoms. The van der Waals surface area contributed by atoms with Crippen LogP contribution in [0.25, 0.3) is 11.1 Å². The molecule has 0 radical (unpaired) electrons. The van der Waals surface area contributed by atoms with Gasteiger partial charge in [0.15, 0.2) is 0 Å². The number of benzene rings is 1. The van der Waals surface area contributed by atoms with Crippen molar-refractivity contribution in [1.29, 1.82) is 0 Å². The average Bonchev–Trinajstić information content (AvgIpc) is 2.28. The molecule has 1 heterocycles. The number of aryl methyl sites for hydroxylation is 1. The first kappa shape index (κ1) is 12.8. The highest BCUT2D eigenvalue weighted by Gasteiger charge is 2.12. The zero-order chi connectivity index (χ0) is 13.2. The van der Waals surface area contributed by atoms with Gasteiger partial charge in [-0.25, -0.2) is 0 Å². The minimum Gasteiger partial charge on any atom is -0.264 e. The fourth-order valence-electron chi connectivity index (χ4n) is 2.10. The van der Waals surface area contributed by atoms with Crippen molar-refractivity contribution < 1.29 is 0 Å². The zero-order valence-electron chi connectivity index (χ0n) is 11.7. The van der Waals surface area contributed by atoms with Gasteiger partial charge in [0, 0.05) is 18.0 Å². The number of hydrogen-bond acceptors (Lipinski definition) is 1. The third kappa shape index (κ3) is 3.43. The summed E-state index contributed by atoms with van der Waals surface area (Å²) in [6.45, 7) is 8.88. The van der Waals surface area contributed by atoms with Crippen molar-refractivity contribution >= 4 is 0 Å². The Balaban J connectivity index is 2.29. The Bertz CT molecular complexity index is 518. The maximum Gasteiger partial charge on any atom is 0.0346 e. The molecule has 2 aromatic rings. The van der Waals surface area contributed by atoms with Gasteiger partial charge in [0.25, 0.3) is 0 Å². The second-order valence-electron chi connectivity index (χ2n) is 6.19. The van der Waals surface area contributed by atoms with Gasteiger partial charge in [-0.1, -0.05) is 50.6 Å². The molecule has 1 nitrogen and oxygen atoms in total. The van der Waals surface area contributed by atoms with Gasteiger partial charge in [-0.15, -0.1) is 0 Å². The Kier molecular flexibility index (Phi) is 3.51. The van der Waals surface area contributed by atoms with Crippen molar-refractivity contribution in [3.8, 4) is 11.1 Å². The van der Waals surface area contributed by atoms with E-state index in [1.165, 1.54) is 22.3 Å². The smallest absolute Gasteiger partial charge is 0.0346 e. The molecule has 0 saturated heterocycles. The first-order valence-corrected chi connectivity index (χ1v) is 6.45. The van der Waals surface area contributed by atoms with Crippen molar-refractivity contribution in [3.05, 3.63) is 53.9 Å². The van der Waals surface area contributed by atoms with Crippen LogP contribution in [-0.4, -0.2) is 4.98 Å². The molecule has 1 aromatic carbocycles. The Labute approximate surface area is 110 Å². The van der Waals surface area contributed by atoms with E-state index in [0.717, 1.165) is 6.42 Å². The quantitative estimate of drug-likeness (QED) is 0.743. The molecule has 0 amide bonds.